The van der Waals surface area contributed by atoms with Gasteiger partial charge in [0.1, 0.15) is 5.82 Å². The Labute approximate surface area is 177 Å². The van der Waals surface area contributed by atoms with Gasteiger partial charge in [0.05, 0.1) is 11.9 Å². The summed E-state index contributed by atoms with van der Waals surface area (Å²) in [5.74, 6) is 3.08. The first kappa shape index (κ1) is 20.4. The number of nitrogens with zero attached hydrogens (tertiary/aromatic N) is 4. The van der Waals surface area contributed by atoms with Crippen molar-refractivity contribution in [2.45, 2.75) is 25.3 Å². The van der Waals surface area contributed by atoms with Crippen LogP contribution in [0.5, 0.6) is 0 Å². The molecule has 29 heavy (non-hydrogen) atoms. The van der Waals surface area contributed by atoms with Crippen LogP contribution in [-0.4, -0.2) is 77.6 Å². The highest BCUT2D eigenvalue weighted by Gasteiger charge is 2.24. The van der Waals surface area contributed by atoms with Crippen LogP contribution in [0.3, 0.4) is 0 Å². The molecule has 0 aliphatic carbocycles. The number of aromatic nitrogens is 1. The number of carbonyl (C=O) groups is 1. The fourth-order valence-corrected chi connectivity index (χ4v) is 5.14. The molecule has 156 valence electrons. The predicted octanol–water partition coefficient (Wildman–Crippen LogP) is 2.39. The van der Waals surface area contributed by atoms with Gasteiger partial charge in [0.2, 0.25) is 5.91 Å². The second-order valence-electron chi connectivity index (χ2n) is 7.93. The molecular formula is C22H31N5OS. The van der Waals surface area contributed by atoms with E-state index in [1.807, 2.05) is 22.9 Å². The summed E-state index contributed by atoms with van der Waals surface area (Å²) in [7, 11) is 0. The molecule has 0 radical (unpaired) electrons. The van der Waals surface area contributed by atoms with Crippen molar-refractivity contribution in [3.63, 3.8) is 0 Å². The first-order valence-electron chi connectivity index (χ1n) is 10.7. The van der Waals surface area contributed by atoms with Crippen LogP contribution < -0.4 is 10.6 Å². The van der Waals surface area contributed by atoms with Gasteiger partial charge in [0.15, 0.2) is 0 Å². The molecule has 1 amide bonds. The van der Waals surface area contributed by atoms with Crippen molar-refractivity contribution in [1.82, 2.24) is 14.8 Å². The number of hydrogen-bond acceptors (Lipinski definition) is 6. The van der Waals surface area contributed by atoms with E-state index in [9.17, 15) is 4.79 Å². The van der Waals surface area contributed by atoms with Crippen LogP contribution in [0.4, 0.5) is 5.82 Å². The first-order valence-corrected chi connectivity index (χ1v) is 11.8. The van der Waals surface area contributed by atoms with Crippen LogP contribution in [0.25, 0.3) is 10.8 Å². The number of amides is 1. The zero-order chi connectivity index (χ0) is 20.1. The monoisotopic (exact) mass is 413 g/mol. The summed E-state index contributed by atoms with van der Waals surface area (Å²) in [5, 5.41) is 2.48. The van der Waals surface area contributed by atoms with Gasteiger partial charge in [-0.2, -0.15) is 0 Å². The van der Waals surface area contributed by atoms with Crippen LogP contribution in [0.2, 0.25) is 0 Å². The smallest absolute Gasteiger partial charge is 0.240 e. The maximum atomic E-state index is 12.3. The van der Waals surface area contributed by atoms with Crippen molar-refractivity contribution in [3.05, 3.63) is 36.5 Å². The van der Waals surface area contributed by atoms with E-state index in [0.29, 0.717) is 0 Å². The van der Waals surface area contributed by atoms with E-state index in [4.69, 9.17) is 5.73 Å². The van der Waals surface area contributed by atoms with Crippen molar-refractivity contribution >= 4 is 34.3 Å². The molecule has 2 aromatic rings. The quantitative estimate of drug-likeness (QED) is 0.703. The van der Waals surface area contributed by atoms with E-state index < -0.39 is 0 Å². The third-order valence-corrected chi connectivity index (χ3v) is 6.91. The molecule has 6 nitrogen and oxygen atoms in total. The Bertz CT molecular complexity index is 812. The fourth-order valence-electron chi connectivity index (χ4n) is 4.18. The molecule has 0 bridgehead atoms. The number of piperazine rings is 1. The minimum absolute atomic E-state index is 0.131. The predicted molar refractivity (Wildman–Crippen MR) is 121 cm³/mol. The van der Waals surface area contributed by atoms with E-state index in [1.165, 1.54) is 10.8 Å². The highest BCUT2D eigenvalue weighted by Crippen LogP contribution is 2.25. The molecule has 7 heteroatoms. The average Bonchev–Trinajstić information content (AvgIpc) is 3.31. The maximum Gasteiger partial charge on any atom is 0.240 e. The number of hydrogen-bond donors (Lipinski definition) is 1. The molecule has 0 unspecified atom stereocenters. The minimum atomic E-state index is -0.331. The number of anilines is 1. The third-order valence-electron chi connectivity index (χ3n) is 5.95. The lowest BCUT2D eigenvalue weighted by Crippen LogP contribution is -2.47. The van der Waals surface area contributed by atoms with E-state index in [2.05, 4.69) is 45.1 Å². The Kier molecular flexibility index (Phi) is 6.90. The molecule has 2 saturated heterocycles. The van der Waals surface area contributed by atoms with Gasteiger partial charge < -0.3 is 15.5 Å². The van der Waals surface area contributed by atoms with Gasteiger partial charge in [-0.05, 0) is 30.8 Å². The molecule has 2 aliphatic heterocycles. The highest BCUT2D eigenvalue weighted by atomic mass is 32.2. The molecule has 0 spiro atoms. The molecule has 3 heterocycles. The molecule has 4 rings (SSSR count). The highest BCUT2D eigenvalue weighted by molar-refractivity contribution is 7.99. The average molecular weight is 414 g/mol. The topological polar surface area (TPSA) is 65.7 Å². The van der Waals surface area contributed by atoms with E-state index in [1.54, 1.807) is 0 Å². The van der Waals surface area contributed by atoms with Gasteiger partial charge in [-0.3, -0.25) is 9.69 Å². The summed E-state index contributed by atoms with van der Waals surface area (Å²) in [5.41, 5.74) is 6.12. The van der Waals surface area contributed by atoms with Crippen LogP contribution in [0.1, 0.15) is 19.3 Å². The van der Waals surface area contributed by atoms with Crippen molar-refractivity contribution in [1.29, 1.82) is 0 Å². The number of rotatable bonds is 7. The van der Waals surface area contributed by atoms with Crippen molar-refractivity contribution < 1.29 is 4.79 Å². The Morgan fingerprint density at radius 1 is 1.10 bits per heavy atom. The number of nitrogens with two attached hydrogens (primary N) is 1. The van der Waals surface area contributed by atoms with Gasteiger partial charge in [-0.15, -0.1) is 11.8 Å². The Morgan fingerprint density at radius 2 is 1.93 bits per heavy atom. The number of carbonyl (C=O) groups excluding carboxylic acids is 1. The minimum Gasteiger partial charge on any atom is -0.354 e. The molecule has 2 fully saturated rings. The zero-order valence-corrected chi connectivity index (χ0v) is 17.8. The molecule has 2 N–H and O–H groups in total. The number of benzene rings is 1. The lowest BCUT2D eigenvalue weighted by atomic mass is 10.1. The second-order valence-corrected chi connectivity index (χ2v) is 9.00. The summed E-state index contributed by atoms with van der Waals surface area (Å²) in [4.78, 5) is 23.7. The van der Waals surface area contributed by atoms with Gasteiger partial charge in [-0.25, -0.2) is 4.98 Å². The number of pyridine rings is 1. The summed E-state index contributed by atoms with van der Waals surface area (Å²) >= 11 is 1.81. The molecule has 1 aromatic heterocycles. The van der Waals surface area contributed by atoms with Crippen LogP contribution >= 0.6 is 11.8 Å². The number of unbranched alkanes of at least 4 members (excludes halogenated alkanes) is 1. The summed E-state index contributed by atoms with van der Waals surface area (Å²) in [6, 6.07) is 10.2. The lowest BCUT2D eigenvalue weighted by Gasteiger charge is -2.36. The second kappa shape index (κ2) is 9.78. The Hall–Kier alpha value is -1.83. The van der Waals surface area contributed by atoms with Gasteiger partial charge >= 0.3 is 0 Å². The molecule has 0 saturated carbocycles. The SMILES string of the molecule is N[C@@H](CCCCN1CCN(c2nccc3ccccc23)CC1)C(=O)N1CCSC1. The maximum absolute atomic E-state index is 12.3. The lowest BCUT2D eigenvalue weighted by molar-refractivity contribution is -0.131. The van der Waals surface area contributed by atoms with Gasteiger partial charge in [-0.1, -0.05) is 30.7 Å². The van der Waals surface area contributed by atoms with Gasteiger partial charge in [0, 0.05) is 50.1 Å². The standard InChI is InChI=1S/C22H31N5OS/c23-20(22(28)27-15-16-29-17-27)7-3-4-10-25-11-13-26(14-12-25)21-19-6-2-1-5-18(19)8-9-24-21/h1-2,5-6,8-9,20H,3-4,7,10-17,23H2/t20-/m0/s1. The van der Waals surface area contributed by atoms with Crippen molar-refractivity contribution in [2.24, 2.45) is 5.73 Å². The number of fused-ring (bicyclic) bond motifs is 1. The molecule has 1 aromatic carbocycles. The fraction of sp³-hybridized carbons (Fsp3) is 0.545. The Balaban J connectivity index is 1.19. The first-order chi connectivity index (χ1) is 14.2. The van der Waals surface area contributed by atoms with Crippen LogP contribution in [0, 0.1) is 0 Å². The van der Waals surface area contributed by atoms with Gasteiger partial charge in [0.25, 0.3) is 0 Å². The summed E-state index contributed by atoms with van der Waals surface area (Å²) < 4.78 is 0. The molecular weight excluding hydrogens is 382 g/mol. The summed E-state index contributed by atoms with van der Waals surface area (Å²) in [6.07, 6.45) is 4.82. The molecule has 1 atom stereocenters. The van der Waals surface area contributed by atoms with E-state index in [0.717, 1.165) is 76.0 Å². The normalized spacial score (nSPS) is 19.1. The van der Waals surface area contributed by atoms with Crippen molar-refractivity contribution in [2.75, 3.05) is 55.8 Å². The van der Waals surface area contributed by atoms with Crippen LogP contribution in [-0.2, 0) is 4.79 Å². The van der Waals surface area contributed by atoms with Crippen LogP contribution in [0.15, 0.2) is 36.5 Å². The summed E-state index contributed by atoms with van der Waals surface area (Å²) in [6.45, 7) is 6.06. The number of thioether (sulfide) groups is 1. The Morgan fingerprint density at radius 3 is 2.72 bits per heavy atom. The largest absolute Gasteiger partial charge is 0.354 e. The third kappa shape index (κ3) is 5.02. The van der Waals surface area contributed by atoms with E-state index in [-0.39, 0.29) is 11.9 Å². The van der Waals surface area contributed by atoms with Crippen molar-refractivity contribution in [3.8, 4) is 0 Å². The van der Waals surface area contributed by atoms with E-state index >= 15 is 0 Å². The molecule has 2 aliphatic rings. The zero-order valence-electron chi connectivity index (χ0n) is 17.0.